The van der Waals surface area contributed by atoms with Crippen LogP contribution in [0.2, 0.25) is 0 Å². The number of imidazole rings is 1. The van der Waals surface area contributed by atoms with Crippen molar-refractivity contribution in [2.24, 2.45) is 12.8 Å². The number of primary amides is 1. The number of carbonyl (C=O) groups is 3. The normalized spacial score (nSPS) is 11.8. The Hall–Kier alpha value is -2.38. The van der Waals surface area contributed by atoms with Gasteiger partial charge in [0.25, 0.3) is 5.91 Å². The number of aryl methyl sites for hydroxylation is 1. The first-order valence-electron chi connectivity index (χ1n) is 4.70. The summed E-state index contributed by atoms with van der Waals surface area (Å²) < 4.78 is 1.43. The molecule has 0 aliphatic rings. The number of nitrogens with one attached hydrogen (secondary N) is 1. The lowest BCUT2D eigenvalue weighted by Gasteiger charge is -2.12. The highest BCUT2D eigenvalue weighted by Gasteiger charge is 2.23. The summed E-state index contributed by atoms with van der Waals surface area (Å²) in [7, 11) is 1.59. The van der Waals surface area contributed by atoms with E-state index >= 15 is 0 Å². The van der Waals surface area contributed by atoms with E-state index in [2.05, 4.69) is 10.3 Å². The van der Waals surface area contributed by atoms with Gasteiger partial charge in [-0.2, -0.15) is 0 Å². The molecule has 0 aliphatic carbocycles. The largest absolute Gasteiger partial charge is 0.480 e. The molecule has 1 aromatic rings. The van der Waals surface area contributed by atoms with E-state index in [9.17, 15) is 14.4 Å². The molecule has 0 fully saturated rings. The van der Waals surface area contributed by atoms with Crippen molar-refractivity contribution in [2.75, 3.05) is 0 Å². The topological polar surface area (TPSA) is 127 Å². The Morgan fingerprint density at radius 1 is 1.59 bits per heavy atom. The molecule has 1 atom stereocenters. The third kappa shape index (κ3) is 3.30. The van der Waals surface area contributed by atoms with Gasteiger partial charge < -0.3 is 20.7 Å². The summed E-state index contributed by atoms with van der Waals surface area (Å²) in [5.41, 5.74) is 5.08. The number of hydrogen-bond donors (Lipinski definition) is 3. The Balaban J connectivity index is 2.74. The number of rotatable bonds is 5. The van der Waals surface area contributed by atoms with Gasteiger partial charge in [0.05, 0.1) is 18.9 Å². The van der Waals surface area contributed by atoms with Gasteiger partial charge in [-0.15, -0.1) is 0 Å². The number of amides is 2. The number of aliphatic carboxylic acids is 1. The molecule has 8 nitrogen and oxygen atoms in total. The summed E-state index contributed by atoms with van der Waals surface area (Å²) in [6, 6.07) is -1.34. The molecule has 0 spiro atoms. The van der Waals surface area contributed by atoms with Crippen molar-refractivity contribution < 1.29 is 19.5 Å². The van der Waals surface area contributed by atoms with Gasteiger partial charge >= 0.3 is 5.97 Å². The van der Waals surface area contributed by atoms with Gasteiger partial charge in [-0.1, -0.05) is 0 Å². The van der Waals surface area contributed by atoms with E-state index in [1.165, 1.54) is 17.1 Å². The predicted molar refractivity (Wildman–Crippen MR) is 55.9 cm³/mol. The van der Waals surface area contributed by atoms with Gasteiger partial charge in [-0.3, -0.25) is 9.59 Å². The number of carboxylic acid groups (broad SMARTS) is 1. The molecule has 1 aromatic heterocycles. The van der Waals surface area contributed by atoms with Gasteiger partial charge in [0.1, 0.15) is 11.7 Å². The highest BCUT2D eigenvalue weighted by atomic mass is 16.4. The molecular formula is C9H12N4O4. The number of carbonyl (C=O) groups excluding carboxylic acids is 2. The van der Waals surface area contributed by atoms with Crippen molar-refractivity contribution in [2.45, 2.75) is 12.5 Å². The Bertz CT molecular complexity index is 454. The maximum Gasteiger partial charge on any atom is 0.326 e. The van der Waals surface area contributed by atoms with Gasteiger partial charge in [0.15, 0.2) is 0 Å². The first kappa shape index (κ1) is 12.7. The van der Waals surface area contributed by atoms with Gasteiger partial charge in [-0.05, 0) is 0 Å². The molecule has 2 amide bonds. The van der Waals surface area contributed by atoms with Crippen molar-refractivity contribution in [1.29, 1.82) is 0 Å². The third-order valence-electron chi connectivity index (χ3n) is 2.06. The molecule has 0 saturated carbocycles. The Morgan fingerprint density at radius 3 is 2.65 bits per heavy atom. The summed E-state index contributed by atoms with van der Waals surface area (Å²) in [5.74, 6) is -2.75. The smallest absolute Gasteiger partial charge is 0.326 e. The van der Waals surface area contributed by atoms with E-state index in [4.69, 9.17) is 10.8 Å². The van der Waals surface area contributed by atoms with Crippen molar-refractivity contribution >= 4 is 17.8 Å². The van der Waals surface area contributed by atoms with E-state index in [0.717, 1.165) is 0 Å². The molecule has 0 radical (unpaired) electrons. The highest BCUT2D eigenvalue weighted by molar-refractivity contribution is 5.96. The fraction of sp³-hybridized carbons (Fsp3) is 0.333. The zero-order valence-corrected chi connectivity index (χ0v) is 9.08. The van der Waals surface area contributed by atoms with E-state index in [-0.39, 0.29) is 5.69 Å². The molecule has 0 aliphatic heterocycles. The summed E-state index contributed by atoms with van der Waals surface area (Å²) in [6.45, 7) is 0. The lowest BCUT2D eigenvalue weighted by molar-refractivity contribution is -0.140. The Kier molecular flexibility index (Phi) is 3.81. The molecule has 8 heteroatoms. The van der Waals surface area contributed by atoms with E-state index in [1.807, 2.05) is 0 Å². The number of nitrogens with two attached hydrogens (primary N) is 1. The molecular weight excluding hydrogens is 228 g/mol. The Labute approximate surface area is 96.4 Å². The summed E-state index contributed by atoms with van der Waals surface area (Å²) in [4.78, 5) is 36.8. The SMILES string of the molecule is Cn1cncc1C(=O)N[C@@H](CC(N)=O)C(=O)O. The average molecular weight is 240 g/mol. The first-order valence-corrected chi connectivity index (χ1v) is 4.70. The second-order valence-corrected chi connectivity index (χ2v) is 3.42. The number of carboxylic acids is 1. The second kappa shape index (κ2) is 5.10. The minimum absolute atomic E-state index is 0.195. The minimum Gasteiger partial charge on any atom is -0.480 e. The van der Waals surface area contributed by atoms with Gasteiger partial charge in [-0.25, -0.2) is 9.78 Å². The van der Waals surface area contributed by atoms with Crippen molar-refractivity contribution in [3.8, 4) is 0 Å². The van der Waals surface area contributed by atoms with Crippen LogP contribution >= 0.6 is 0 Å². The average Bonchev–Trinajstić information content (AvgIpc) is 2.62. The molecule has 1 rings (SSSR count). The van der Waals surface area contributed by atoms with Crippen LogP contribution in [0, 0.1) is 0 Å². The molecule has 0 unspecified atom stereocenters. The molecule has 17 heavy (non-hydrogen) atoms. The molecule has 0 aromatic carbocycles. The number of nitrogens with zero attached hydrogens (tertiary/aromatic N) is 2. The Morgan fingerprint density at radius 2 is 2.24 bits per heavy atom. The fourth-order valence-corrected chi connectivity index (χ4v) is 1.21. The molecule has 0 bridgehead atoms. The van der Waals surface area contributed by atoms with Crippen LogP contribution in [0.25, 0.3) is 0 Å². The van der Waals surface area contributed by atoms with Crippen LogP contribution in [0.3, 0.4) is 0 Å². The predicted octanol–water partition coefficient (Wildman–Crippen LogP) is -1.52. The zero-order chi connectivity index (χ0) is 13.0. The lowest BCUT2D eigenvalue weighted by Crippen LogP contribution is -2.43. The monoisotopic (exact) mass is 240 g/mol. The highest BCUT2D eigenvalue weighted by Crippen LogP contribution is 1.99. The van der Waals surface area contributed by atoms with Crippen LogP contribution in [-0.4, -0.2) is 38.5 Å². The van der Waals surface area contributed by atoms with E-state index in [1.54, 1.807) is 7.05 Å². The molecule has 0 saturated heterocycles. The third-order valence-corrected chi connectivity index (χ3v) is 2.06. The van der Waals surface area contributed by atoms with E-state index in [0.29, 0.717) is 0 Å². The molecule has 1 heterocycles. The summed E-state index contributed by atoms with van der Waals surface area (Å²) in [6.07, 6.45) is 2.23. The van der Waals surface area contributed by atoms with E-state index < -0.39 is 30.2 Å². The van der Waals surface area contributed by atoms with Crippen LogP contribution < -0.4 is 11.1 Å². The maximum atomic E-state index is 11.6. The van der Waals surface area contributed by atoms with Gasteiger partial charge in [0.2, 0.25) is 5.91 Å². The first-order chi connectivity index (χ1) is 7.91. The van der Waals surface area contributed by atoms with Crippen LogP contribution in [0.4, 0.5) is 0 Å². The number of hydrogen-bond acceptors (Lipinski definition) is 4. The van der Waals surface area contributed by atoms with Crippen molar-refractivity contribution in [1.82, 2.24) is 14.9 Å². The number of aromatic nitrogens is 2. The van der Waals surface area contributed by atoms with Crippen molar-refractivity contribution in [3.63, 3.8) is 0 Å². The van der Waals surface area contributed by atoms with Crippen molar-refractivity contribution in [3.05, 3.63) is 18.2 Å². The quantitative estimate of drug-likeness (QED) is 0.575. The standard InChI is InChI=1S/C9H12N4O4/c1-13-4-11-3-6(13)8(15)12-5(9(16)17)2-7(10)14/h3-5H,2H2,1H3,(H2,10,14)(H,12,15)(H,16,17)/t5-/m0/s1. The molecule has 92 valence electrons. The van der Waals surface area contributed by atoms with Crippen LogP contribution in [-0.2, 0) is 16.6 Å². The zero-order valence-electron chi connectivity index (χ0n) is 9.08. The molecule has 4 N–H and O–H groups in total. The maximum absolute atomic E-state index is 11.6. The fourth-order valence-electron chi connectivity index (χ4n) is 1.21. The summed E-state index contributed by atoms with van der Waals surface area (Å²) in [5, 5.41) is 11.0. The lowest BCUT2D eigenvalue weighted by atomic mass is 10.2. The minimum atomic E-state index is -1.34. The van der Waals surface area contributed by atoms with Gasteiger partial charge in [0, 0.05) is 7.05 Å². The van der Waals surface area contributed by atoms with Crippen LogP contribution in [0.1, 0.15) is 16.9 Å². The second-order valence-electron chi connectivity index (χ2n) is 3.42. The summed E-state index contributed by atoms with van der Waals surface area (Å²) >= 11 is 0. The van der Waals surface area contributed by atoms with Crippen LogP contribution in [0.15, 0.2) is 12.5 Å². The van der Waals surface area contributed by atoms with Crippen LogP contribution in [0.5, 0.6) is 0 Å².